The Kier molecular flexibility index (Phi) is 9.76. The van der Waals surface area contributed by atoms with Gasteiger partial charge in [-0.15, -0.1) is 12.4 Å². The molecule has 0 bridgehead atoms. The van der Waals surface area contributed by atoms with Crippen molar-refractivity contribution in [3.8, 4) is 5.75 Å². The van der Waals surface area contributed by atoms with Crippen LogP contribution >= 0.6 is 12.4 Å². The quantitative estimate of drug-likeness (QED) is 0.661. The second-order valence-corrected chi connectivity index (χ2v) is 5.06. The number of ether oxygens (including phenoxy) is 2. The van der Waals surface area contributed by atoms with E-state index < -0.39 is 12.1 Å². The number of hydrogen-bond acceptors (Lipinski definition) is 5. The van der Waals surface area contributed by atoms with Gasteiger partial charge in [0.05, 0.1) is 18.8 Å². The van der Waals surface area contributed by atoms with Crippen LogP contribution in [0.4, 0.5) is 0 Å². The van der Waals surface area contributed by atoms with Crippen LogP contribution < -0.4 is 15.8 Å². The molecule has 0 saturated carbocycles. The molecule has 1 aromatic rings. The summed E-state index contributed by atoms with van der Waals surface area (Å²) >= 11 is 0. The minimum absolute atomic E-state index is 0. The van der Waals surface area contributed by atoms with Crippen molar-refractivity contribution in [3.05, 3.63) is 29.8 Å². The van der Waals surface area contributed by atoms with Gasteiger partial charge in [0.1, 0.15) is 11.8 Å². The number of aliphatic hydroxyl groups is 1. The van der Waals surface area contributed by atoms with E-state index in [9.17, 15) is 9.90 Å². The van der Waals surface area contributed by atoms with Crippen molar-refractivity contribution in [2.45, 2.75) is 32.1 Å². The van der Waals surface area contributed by atoms with Crippen molar-refractivity contribution in [3.63, 3.8) is 0 Å². The standard InChI is InChI=1S/C15H24N2O4.ClH/c1-10(2)21-12-6-4-11(5-7-12)14(18)8-17-15(19)13(16)9-20-3;/h4-7,10,13-14,18H,8-9,16H2,1-3H3,(H,17,19);1H. The lowest BCUT2D eigenvalue weighted by Crippen LogP contribution is -2.44. The Bertz CT molecular complexity index is 440. The third kappa shape index (κ3) is 7.09. The van der Waals surface area contributed by atoms with Crippen molar-refractivity contribution < 1.29 is 19.4 Å². The number of nitrogens with one attached hydrogen (secondary N) is 1. The van der Waals surface area contributed by atoms with Crippen molar-refractivity contribution in [2.24, 2.45) is 5.73 Å². The van der Waals surface area contributed by atoms with Gasteiger partial charge in [0.25, 0.3) is 0 Å². The molecule has 0 radical (unpaired) electrons. The lowest BCUT2D eigenvalue weighted by molar-refractivity contribution is -0.123. The molecule has 0 aromatic heterocycles. The van der Waals surface area contributed by atoms with Gasteiger partial charge in [0, 0.05) is 13.7 Å². The molecule has 1 amide bonds. The van der Waals surface area contributed by atoms with Crippen molar-refractivity contribution in [2.75, 3.05) is 20.3 Å². The van der Waals surface area contributed by atoms with E-state index in [0.717, 1.165) is 5.75 Å². The average Bonchev–Trinajstić information content (AvgIpc) is 2.44. The normalized spacial score (nSPS) is 13.2. The zero-order valence-corrected chi connectivity index (χ0v) is 13.9. The molecule has 1 aromatic carbocycles. The second-order valence-electron chi connectivity index (χ2n) is 5.06. The molecule has 126 valence electrons. The first-order valence-electron chi connectivity index (χ1n) is 6.91. The predicted octanol–water partition coefficient (Wildman–Crippen LogP) is 1.02. The zero-order valence-electron chi connectivity index (χ0n) is 13.1. The monoisotopic (exact) mass is 332 g/mol. The van der Waals surface area contributed by atoms with E-state index in [2.05, 4.69) is 5.32 Å². The molecule has 0 fully saturated rings. The molecule has 0 spiro atoms. The number of carbonyl (C=O) groups excluding carboxylic acids is 1. The van der Waals surface area contributed by atoms with Crippen LogP contribution in [0.5, 0.6) is 5.75 Å². The number of hydrogen-bond donors (Lipinski definition) is 3. The molecule has 6 nitrogen and oxygen atoms in total. The summed E-state index contributed by atoms with van der Waals surface area (Å²) in [5.41, 5.74) is 6.28. The molecule has 0 aliphatic heterocycles. The van der Waals surface area contributed by atoms with Gasteiger partial charge in [-0.1, -0.05) is 12.1 Å². The molecule has 1 rings (SSSR count). The highest BCUT2D eigenvalue weighted by Crippen LogP contribution is 2.18. The van der Waals surface area contributed by atoms with E-state index >= 15 is 0 Å². The number of benzene rings is 1. The predicted molar refractivity (Wildman–Crippen MR) is 87.3 cm³/mol. The lowest BCUT2D eigenvalue weighted by atomic mass is 10.1. The van der Waals surface area contributed by atoms with Crippen molar-refractivity contribution in [1.29, 1.82) is 0 Å². The maximum Gasteiger partial charge on any atom is 0.239 e. The zero-order chi connectivity index (χ0) is 15.8. The van der Waals surface area contributed by atoms with Crippen LogP contribution in [0.3, 0.4) is 0 Å². The summed E-state index contributed by atoms with van der Waals surface area (Å²) in [6, 6.07) is 6.38. The van der Waals surface area contributed by atoms with Gasteiger partial charge < -0.3 is 25.6 Å². The van der Waals surface area contributed by atoms with E-state index in [1.54, 1.807) is 24.3 Å². The molecule has 0 saturated heterocycles. The summed E-state index contributed by atoms with van der Waals surface area (Å²) in [4.78, 5) is 11.6. The van der Waals surface area contributed by atoms with Crippen molar-refractivity contribution in [1.82, 2.24) is 5.32 Å². The van der Waals surface area contributed by atoms with E-state index in [1.165, 1.54) is 7.11 Å². The molecule has 22 heavy (non-hydrogen) atoms. The molecule has 2 atom stereocenters. The molecular formula is C15H25ClN2O4. The van der Waals surface area contributed by atoms with E-state index in [1.807, 2.05) is 13.8 Å². The fourth-order valence-corrected chi connectivity index (χ4v) is 1.74. The van der Waals surface area contributed by atoms with Gasteiger partial charge in [-0.3, -0.25) is 4.79 Å². The SMILES string of the molecule is COCC(N)C(=O)NCC(O)c1ccc(OC(C)C)cc1.Cl. The largest absolute Gasteiger partial charge is 0.491 e. The second kappa shape index (κ2) is 10.4. The summed E-state index contributed by atoms with van der Waals surface area (Å²) in [6.45, 7) is 4.13. The molecule has 2 unspecified atom stereocenters. The molecule has 0 aliphatic rings. The fourth-order valence-electron chi connectivity index (χ4n) is 1.74. The summed E-state index contributed by atoms with van der Waals surface area (Å²) < 4.78 is 10.3. The Morgan fingerprint density at radius 2 is 1.91 bits per heavy atom. The Hall–Kier alpha value is -1.34. The number of amides is 1. The lowest BCUT2D eigenvalue weighted by Gasteiger charge is -2.16. The van der Waals surface area contributed by atoms with Gasteiger partial charge in [0.15, 0.2) is 0 Å². The average molecular weight is 333 g/mol. The Balaban J connectivity index is 0.00000441. The third-order valence-corrected chi connectivity index (χ3v) is 2.79. The summed E-state index contributed by atoms with van der Waals surface area (Å²) in [7, 11) is 1.47. The van der Waals surface area contributed by atoms with Crippen LogP contribution in [0.1, 0.15) is 25.5 Å². The molecule has 0 aliphatic carbocycles. The molecule has 7 heteroatoms. The highest BCUT2D eigenvalue weighted by Gasteiger charge is 2.15. The number of rotatable bonds is 8. The first-order chi connectivity index (χ1) is 9.93. The van der Waals surface area contributed by atoms with Crippen molar-refractivity contribution >= 4 is 18.3 Å². The van der Waals surface area contributed by atoms with Crippen LogP contribution in [-0.2, 0) is 9.53 Å². The Labute approximate surface area is 137 Å². The number of aliphatic hydroxyl groups excluding tert-OH is 1. The van der Waals surface area contributed by atoms with E-state index in [0.29, 0.717) is 5.56 Å². The smallest absolute Gasteiger partial charge is 0.239 e. The molecular weight excluding hydrogens is 308 g/mol. The first-order valence-corrected chi connectivity index (χ1v) is 6.91. The van der Waals surface area contributed by atoms with Crippen LogP contribution in [0.2, 0.25) is 0 Å². The number of methoxy groups -OCH3 is 1. The first kappa shape index (κ1) is 20.7. The summed E-state index contributed by atoms with van der Waals surface area (Å²) in [6.07, 6.45) is -0.695. The molecule has 0 heterocycles. The number of carbonyl (C=O) groups is 1. The number of halogens is 1. The third-order valence-electron chi connectivity index (χ3n) is 2.79. The Morgan fingerprint density at radius 1 is 1.32 bits per heavy atom. The van der Waals surface area contributed by atoms with Gasteiger partial charge in [0.2, 0.25) is 5.91 Å². The number of nitrogens with two attached hydrogens (primary N) is 1. The highest BCUT2D eigenvalue weighted by molar-refractivity contribution is 5.85. The van der Waals surface area contributed by atoms with Gasteiger partial charge in [-0.2, -0.15) is 0 Å². The molecule has 4 N–H and O–H groups in total. The minimum Gasteiger partial charge on any atom is -0.491 e. The highest BCUT2D eigenvalue weighted by atomic mass is 35.5. The van der Waals surface area contributed by atoms with Gasteiger partial charge in [-0.25, -0.2) is 0 Å². The van der Waals surface area contributed by atoms with Crippen LogP contribution in [0.25, 0.3) is 0 Å². The van der Waals surface area contributed by atoms with Crippen LogP contribution in [-0.4, -0.2) is 43.4 Å². The van der Waals surface area contributed by atoms with Crippen LogP contribution in [0, 0.1) is 0 Å². The maximum absolute atomic E-state index is 11.6. The fraction of sp³-hybridized carbons (Fsp3) is 0.533. The van der Waals surface area contributed by atoms with E-state index in [4.69, 9.17) is 15.2 Å². The van der Waals surface area contributed by atoms with E-state index in [-0.39, 0.29) is 37.6 Å². The maximum atomic E-state index is 11.6. The van der Waals surface area contributed by atoms with Gasteiger partial charge in [-0.05, 0) is 31.5 Å². The Morgan fingerprint density at radius 3 is 2.41 bits per heavy atom. The summed E-state index contributed by atoms with van der Waals surface area (Å²) in [5, 5.41) is 12.6. The minimum atomic E-state index is -0.795. The topological polar surface area (TPSA) is 93.8 Å². The van der Waals surface area contributed by atoms with Crippen LogP contribution in [0.15, 0.2) is 24.3 Å². The summed E-state index contributed by atoms with van der Waals surface area (Å²) in [5.74, 6) is 0.391. The van der Waals surface area contributed by atoms with Gasteiger partial charge >= 0.3 is 0 Å².